The Kier molecular flexibility index (Phi) is 6.97. The molecule has 6 heteroatoms. The van der Waals surface area contributed by atoms with Crippen molar-refractivity contribution < 1.29 is 18.0 Å². The quantitative estimate of drug-likeness (QED) is 0.741. The Morgan fingerprint density at radius 2 is 1.73 bits per heavy atom. The lowest BCUT2D eigenvalue weighted by atomic mass is 10.0. The van der Waals surface area contributed by atoms with Gasteiger partial charge in [-0.2, -0.15) is 0 Å². The van der Waals surface area contributed by atoms with Crippen LogP contribution in [-0.2, 0) is 17.8 Å². The second-order valence-electron chi connectivity index (χ2n) is 5.97. The van der Waals surface area contributed by atoms with Crippen molar-refractivity contribution in [3.63, 3.8) is 0 Å². The monoisotopic (exact) mass is 362 g/mol. The third-order valence-corrected chi connectivity index (χ3v) is 4.01. The fourth-order valence-electron chi connectivity index (χ4n) is 2.54. The summed E-state index contributed by atoms with van der Waals surface area (Å²) in [6, 6.07) is 10.9. The van der Waals surface area contributed by atoms with Crippen molar-refractivity contribution in [2.75, 3.05) is 7.05 Å². The number of rotatable bonds is 7. The number of nitrogens with one attached hydrogen (secondary N) is 2. The van der Waals surface area contributed by atoms with Crippen molar-refractivity contribution in [1.82, 2.24) is 10.6 Å². The maximum absolute atomic E-state index is 13.6. The Hall–Kier alpha value is -2.60. The third-order valence-electron chi connectivity index (χ3n) is 4.01. The Morgan fingerprint density at radius 3 is 2.31 bits per heavy atom. The maximum Gasteiger partial charge on any atom is 0.246 e. The summed E-state index contributed by atoms with van der Waals surface area (Å²) in [6.07, 6.45) is 2.46. The van der Waals surface area contributed by atoms with Crippen LogP contribution < -0.4 is 10.6 Å². The molecule has 0 aliphatic heterocycles. The predicted molar refractivity (Wildman–Crippen MR) is 94.9 cm³/mol. The van der Waals surface area contributed by atoms with Gasteiger partial charge in [0, 0.05) is 35.9 Å². The van der Waals surface area contributed by atoms with E-state index < -0.39 is 23.4 Å². The molecule has 0 radical (unpaired) electrons. The van der Waals surface area contributed by atoms with Gasteiger partial charge in [-0.25, -0.2) is 13.2 Å². The van der Waals surface area contributed by atoms with Gasteiger partial charge in [-0.3, -0.25) is 4.79 Å². The molecule has 0 aliphatic carbocycles. The van der Waals surface area contributed by atoms with Crippen LogP contribution in [-0.4, -0.2) is 19.0 Å². The van der Waals surface area contributed by atoms with Gasteiger partial charge >= 0.3 is 0 Å². The first-order valence-electron chi connectivity index (χ1n) is 8.22. The Balaban J connectivity index is 2.00. The zero-order valence-electron chi connectivity index (χ0n) is 14.7. The van der Waals surface area contributed by atoms with Crippen LogP contribution in [0.4, 0.5) is 13.2 Å². The summed E-state index contributed by atoms with van der Waals surface area (Å²) in [4.78, 5) is 12.2. The first-order chi connectivity index (χ1) is 12.4. The van der Waals surface area contributed by atoms with Gasteiger partial charge in [0.1, 0.15) is 17.5 Å². The van der Waals surface area contributed by atoms with Crippen LogP contribution in [0.1, 0.15) is 18.1 Å². The Morgan fingerprint density at radius 1 is 1.12 bits per heavy atom. The Bertz CT molecular complexity index is 768. The average Bonchev–Trinajstić information content (AvgIpc) is 2.60. The van der Waals surface area contributed by atoms with E-state index in [2.05, 4.69) is 10.6 Å². The van der Waals surface area contributed by atoms with Gasteiger partial charge in [0.05, 0.1) is 0 Å². The van der Waals surface area contributed by atoms with E-state index in [4.69, 9.17) is 0 Å². The smallest absolute Gasteiger partial charge is 0.246 e. The molecule has 0 saturated heterocycles. The minimum absolute atomic E-state index is 0.0672. The molecule has 0 heterocycles. The molecule has 1 unspecified atom stereocenters. The lowest BCUT2D eigenvalue weighted by molar-refractivity contribution is -0.117. The van der Waals surface area contributed by atoms with Gasteiger partial charge in [0.15, 0.2) is 0 Å². The molecule has 2 aromatic rings. The number of hydrogen-bond donors (Lipinski definition) is 2. The highest BCUT2D eigenvalue weighted by Crippen LogP contribution is 2.14. The van der Waals surface area contributed by atoms with Crippen molar-refractivity contribution in [2.45, 2.75) is 25.9 Å². The van der Waals surface area contributed by atoms with Crippen molar-refractivity contribution in [2.24, 2.45) is 0 Å². The van der Waals surface area contributed by atoms with Crippen LogP contribution in [0.5, 0.6) is 0 Å². The standard InChI is InChI=1S/C20H21F3N2O/c1-13(8-16(24-2)9-14-6-4-3-5-7-14)20(26)25-12-17-18(22)10-15(21)11-19(17)23/h3-8,10-11,16,24H,9,12H2,1-2H3,(H,25,26)/b13-8+. The molecule has 1 atom stereocenters. The van der Waals surface area contributed by atoms with E-state index in [1.807, 2.05) is 30.3 Å². The largest absolute Gasteiger partial charge is 0.348 e. The molecule has 0 spiro atoms. The molecule has 1 amide bonds. The van der Waals surface area contributed by atoms with Crippen molar-refractivity contribution in [1.29, 1.82) is 0 Å². The third kappa shape index (κ3) is 5.46. The second-order valence-corrected chi connectivity index (χ2v) is 5.97. The van der Waals surface area contributed by atoms with Gasteiger partial charge in [0.2, 0.25) is 5.91 Å². The summed E-state index contributed by atoms with van der Waals surface area (Å²) >= 11 is 0. The first-order valence-corrected chi connectivity index (χ1v) is 8.22. The van der Waals surface area contributed by atoms with Crippen molar-refractivity contribution >= 4 is 5.91 Å². The van der Waals surface area contributed by atoms with Gasteiger partial charge in [-0.15, -0.1) is 0 Å². The van der Waals surface area contributed by atoms with Crippen LogP contribution in [0.2, 0.25) is 0 Å². The Labute approximate surface area is 150 Å². The van der Waals surface area contributed by atoms with E-state index in [0.29, 0.717) is 24.1 Å². The molecule has 0 fully saturated rings. The highest BCUT2D eigenvalue weighted by Gasteiger charge is 2.14. The molecule has 0 aliphatic rings. The molecule has 3 nitrogen and oxygen atoms in total. The topological polar surface area (TPSA) is 41.1 Å². The highest BCUT2D eigenvalue weighted by molar-refractivity contribution is 5.92. The van der Waals surface area contributed by atoms with E-state index in [1.165, 1.54) is 0 Å². The lowest BCUT2D eigenvalue weighted by Gasteiger charge is -2.14. The van der Waals surface area contributed by atoms with Crippen LogP contribution in [0.25, 0.3) is 0 Å². The van der Waals surface area contributed by atoms with Crippen LogP contribution >= 0.6 is 0 Å². The number of benzene rings is 2. The summed E-state index contributed by atoms with van der Waals surface area (Å²) in [5.74, 6) is -3.49. The summed E-state index contributed by atoms with van der Waals surface area (Å²) in [5.41, 5.74) is 1.16. The summed E-state index contributed by atoms with van der Waals surface area (Å²) in [7, 11) is 1.79. The van der Waals surface area contributed by atoms with Gasteiger partial charge < -0.3 is 10.6 Å². The summed E-state index contributed by atoms with van der Waals surface area (Å²) in [6.45, 7) is 1.27. The number of hydrogen-bond acceptors (Lipinski definition) is 2. The molecule has 138 valence electrons. The normalized spacial score (nSPS) is 12.7. The molecule has 0 aromatic heterocycles. The van der Waals surface area contributed by atoms with E-state index >= 15 is 0 Å². The van der Waals surface area contributed by atoms with Crippen LogP contribution in [0.3, 0.4) is 0 Å². The highest BCUT2D eigenvalue weighted by atomic mass is 19.1. The first kappa shape index (κ1) is 19.7. The fourth-order valence-corrected chi connectivity index (χ4v) is 2.54. The van der Waals surface area contributed by atoms with Gasteiger partial charge in [-0.05, 0) is 26.0 Å². The molecule has 0 bridgehead atoms. The molecular weight excluding hydrogens is 341 g/mol. The van der Waals surface area contributed by atoms with Crippen LogP contribution in [0, 0.1) is 17.5 Å². The molecule has 2 rings (SSSR count). The van der Waals surface area contributed by atoms with Crippen LogP contribution in [0.15, 0.2) is 54.1 Å². The van der Waals surface area contributed by atoms with Gasteiger partial charge in [-0.1, -0.05) is 36.4 Å². The minimum Gasteiger partial charge on any atom is -0.348 e. The van der Waals surface area contributed by atoms with E-state index in [1.54, 1.807) is 20.0 Å². The number of carbonyl (C=O) groups is 1. The molecule has 2 N–H and O–H groups in total. The summed E-state index contributed by atoms with van der Waals surface area (Å²) < 4.78 is 40.1. The number of carbonyl (C=O) groups excluding carboxylic acids is 1. The molecule has 2 aromatic carbocycles. The SMILES string of the molecule is CNC(/C=C(\C)C(=O)NCc1c(F)cc(F)cc1F)Cc1ccccc1. The number of halogens is 3. The van der Waals surface area contributed by atoms with Gasteiger partial charge in [0.25, 0.3) is 0 Å². The fraction of sp³-hybridized carbons (Fsp3) is 0.250. The maximum atomic E-state index is 13.6. The number of amides is 1. The zero-order valence-corrected chi connectivity index (χ0v) is 14.7. The lowest BCUT2D eigenvalue weighted by Crippen LogP contribution is -2.29. The minimum atomic E-state index is -1.03. The summed E-state index contributed by atoms with van der Waals surface area (Å²) in [5, 5.41) is 5.57. The number of likely N-dealkylation sites (N-methyl/N-ethyl adjacent to an activating group) is 1. The molecule has 26 heavy (non-hydrogen) atoms. The van der Waals surface area contributed by atoms with E-state index in [0.717, 1.165) is 5.56 Å². The second kappa shape index (κ2) is 9.20. The zero-order chi connectivity index (χ0) is 19.1. The van der Waals surface area contributed by atoms with E-state index in [9.17, 15) is 18.0 Å². The molecular formula is C20H21F3N2O. The van der Waals surface area contributed by atoms with Crippen molar-refractivity contribution in [3.8, 4) is 0 Å². The molecule has 0 saturated carbocycles. The average molecular weight is 362 g/mol. The van der Waals surface area contributed by atoms with Crippen molar-refractivity contribution in [3.05, 3.63) is 82.7 Å². The van der Waals surface area contributed by atoms with E-state index in [-0.39, 0.29) is 18.2 Å². The predicted octanol–water partition coefficient (Wildman–Crippen LogP) is 3.50.